The Kier molecular flexibility index (Phi) is 12.8. The fourth-order valence-electron chi connectivity index (χ4n) is 2.26. The second-order valence-electron chi connectivity index (χ2n) is 6.84. The van der Waals surface area contributed by atoms with Crippen molar-refractivity contribution in [1.29, 1.82) is 0 Å². The van der Waals surface area contributed by atoms with Gasteiger partial charge < -0.3 is 9.79 Å². The van der Waals surface area contributed by atoms with Gasteiger partial charge in [-0.25, -0.2) is 4.57 Å². The van der Waals surface area contributed by atoms with Gasteiger partial charge in [0.25, 0.3) is 0 Å². The summed E-state index contributed by atoms with van der Waals surface area (Å²) in [6.07, 6.45) is 14.8. The molecule has 0 radical (unpaired) electrons. The van der Waals surface area contributed by atoms with Gasteiger partial charge in [0.05, 0.1) is 6.61 Å². The summed E-state index contributed by atoms with van der Waals surface area (Å²) in [4.78, 5) is 17.2. The summed E-state index contributed by atoms with van der Waals surface area (Å²) in [5.41, 5.74) is 5.29. The third kappa shape index (κ3) is 17.7. The SMILES string of the molecule is CC(C)=CCC/C(C)=C\CCC(C)=CCC/C(C)=C\COP(=O)(O)O. The van der Waals surface area contributed by atoms with Crippen LogP contribution in [0.3, 0.4) is 0 Å². The molecule has 0 heterocycles. The lowest BCUT2D eigenvalue weighted by molar-refractivity contribution is 0.215. The number of hydrogen-bond donors (Lipinski definition) is 2. The normalized spacial score (nSPS) is 14.0. The van der Waals surface area contributed by atoms with Crippen molar-refractivity contribution in [1.82, 2.24) is 0 Å². The molecule has 5 heteroatoms. The Hall–Kier alpha value is -0.930. The average Bonchev–Trinajstić information content (AvgIpc) is 2.45. The minimum Gasteiger partial charge on any atom is -0.303 e. The van der Waals surface area contributed by atoms with Gasteiger partial charge in [-0.1, -0.05) is 46.6 Å². The molecule has 0 atom stereocenters. The molecule has 0 aliphatic carbocycles. The molecule has 4 nitrogen and oxygen atoms in total. The van der Waals surface area contributed by atoms with Crippen LogP contribution in [0.5, 0.6) is 0 Å². The van der Waals surface area contributed by atoms with Gasteiger partial charge >= 0.3 is 7.82 Å². The molecule has 25 heavy (non-hydrogen) atoms. The number of rotatable bonds is 12. The lowest BCUT2D eigenvalue weighted by Gasteiger charge is -2.04. The van der Waals surface area contributed by atoms with E-state index in [0.717, 1.165) is 44.1 Å². The maximum absolute atomic E-state index is 10.6. The van der Waals surface area contributed by atoms with Crippen LogP contribution in [0, 0.1) is 0 Å². The van der Waals surface area contributed by atoms with E-state index >= 15 is 0 Å². The van der Waals surface area contributed by atoms with Crippen LogP contribution in [-0.4, -0.2) is 16.4 Å². The van der Waals surface area contributed by atoms with Crippen molar-refractivity contribution < 1.29 is 18.9 Å². The molecule has 0 rings (SSSR count). The van der Waals surface area contributed by atoms with E-state index in [9.17, 15) is 4.57 Å². The van der Waals surface area contributed by atoms with Gasteiger partial charge in [0.1, 0.15) is 0 Å². The van der Waals surface area contributed by atoms with E-state index in [1.165, 1.54) is 16.7 Å². The number of hydrogen-bond acceptors (Lipinski definition) is 2. The van der Waals surface area contributed by atoms with Crippen LogP contribution < -0.4 is 0 Å². The summed E-state index contributed by atoms with van der Waals surface area (Å²) in [7, 11) is -4.36. The van der Waals surface area contributed by atoms with E-state index in [-0.39, 0.29) is 6.61 Å². The Balaban J connectivity index is 4.03. The van der Waals surface area contributed by atoms with E-state index < -0.39 is 7.82 Å². The first-order chi connectivity index (χ1) is 11.6. The standard InChI is InChI=1S/C20H35O4P/c1-17(2)9-6-10-18(3)11-7-12-19(4)13-8-14-20(5)15-16-24-25(21,22)23/h9,11,13,15H,6-8,10,12,14,16H2,1-5H3,(H2,21,22,23)/b18-11-,19-13?,20-15-. The van der Waals surface area contributed by atoms with Crippen LogP contribution in [0.15, 0.2) is 46.6 Å². The molecule has 0 saturated carbocycles. The highest BCUT2D eigenvalue weighted by Gasteiger charge is 2.11. The predicted octanol–water partition coefficient (Wildman–Crippen LogP) is 6.24. The van der Waals surface area contributed by atoms with Crippen molar-refractivity contribution >= 4 is 7.82 Å². The highest BCUT2D eigenvalue weighted by atomic mass is 31.2. The summed E-state index contributed by atoms with van der Waals surface area (Å²) in [5.74, 6) is 0. The van der Waals surface area contributed by atoms with Crippen molar-refractivity contribution in [3.63, 3.8) is 0 Å². The fourth-order valence-corrected chi connectivity index (χ4v) is 2.53. The van der Waals surface area contributed by atoms with E-state index in [0.29, 0.717) is 0 Å². The minimum atomic E-state index is -4.36. The largest absolute Gasteiger partial charge is 0.469 e. The molecule has 0 aromatic heterocycles. The molecule has 0 saturated heterocycles. The third-order valence-corrected chi connectivity index (χ3v) is 4.31. The second kappa shape index (κ2) is 13.3. The Morgan fingerprint density at radius 2 is 1.16 bits per heavy atom. The van der Waals surface area contributed by atoms with Gasteiger partial charge in [0, 0.05) is 0 Å². The van der Waals surface area contributed by atoms with E-state index in [4.69, 9.17) is 9.79 Å². The van der Waals surface area contributed by atoms with E-state index in [1.807, 2.05) is 6.92 Å². The zero-order valence-electron chi connectivity index (χ0n) is 16.4. The van der Waals surface area contributed by atoms with Gasteiger partial charge in [-0.2, -0.15) is 0 Å². The number of phosphoric acid groups is 1. The minimum absolute atomic E-state index is 0.0460. The first-order valence-electron chi connectivity index (χ1n) is 8.90. The van der Waals surface area contributed by atoms with Crippen molar-refractivity contribution in [3.8, 4) is 0 Å². The summed E-state index contributed by atoms with van der Waals surface area (Å²) in [5, 5.41) is 0. The monoisotopic (exact) mass is 370 g/mol. The van der Waals surface area contributed by atoms with Crippen molar-refractivity contribution in [2.75, 3.05) is 6.61 Å². The molecule has 0 aliphatic heterocycles. The van der Waals surface area contributed by atoms with Gasteiger partial charge in [-0.05, 0) is 73.1 Å². The zero-order valence-corrected chi connectivity index (χ0v) is 17.3. The van der Waals surface area contributed by atoms with Crippen molar-refractivity contribution in [2.45, 2.75) is 73.1 Å². The van der Waals surface area contributed by atoms with Gasteiger partial charge in [-0.3, -0.25) is 4.52 Å². The molecule has 0 aromatic carbocycles. The first kappa shape index (κ1) is 24.1. The van der Waals surface area contributed by atoms with Crippen LogP contribution >= 0.6 is 7.82 Å². The molecule has 0 unspecified atom stereocenters. The zero-order chi connectivity index (χ0) is 19.3. The van der Waals surface area contributed by atoms with Gasteiger partial charge in [-0.15, -0.1) is 0 Å². The Morgan fingerprint density at radius 3 is 1.56 bits per heavy atom. The summed E-state index contributed by atoms with van der Waals surface area (Å²) >= 11 is 0. The molecular weight excluding hydrogens is 335 g/mol. The van der Waals surface area contributed by atoms with Gasteiger partial charge in [0.2, 0.25) is 0 Å². The summed E-state index contributed by atoms with van der Waals surface area (Å²) in [6.45, 7) is 10.5. The Bertz CT molecular complexity index is 546. The molecule has 0 bridgehead atoms. The third-order valence-electron chi connectivity index (χ3n) is 3.83. The fraction of sp³-hybridized carbons (Fsp3) is 0.600. The average molecular weight is 370 g/mol. The summed E-state index contributed by atoms with van der Waals surface area (Å²) in [6, 6.07) is 0. The lowest BCUT2D eigenvalue weighted by atomic mass is 10.0. The van der Waals surface area contributed by atoms with Crippen LogP contribution in [0.4, 0.5) is 0 Å². The molecule has 144 valence electrons. The molecule has 0 amide bonds. The molecule has 0 aromatic rings. The van der Waals surface area contributed by atoms with E-state index in [1.54, 1.807) is 6.08 Å². The Labute approximate surface area is 153 Å². The molecule has 0 spiro atoms. The van der Waals surface area contributed by atoms with Crippen LogP contribution in [-0.2, 0) is 9.09 Å². The number of allylic oxidation sites excluding steroid dienone is 7. The predicted molar refractivity (Wildman–Crippen MR) is 106 cm³/mol. The maximum Gasteiger partial charge on any atom is 0.469 e. The van der Waals surface area contributed by atoms with Crippen LogP contribution in [0.25, 0.3) is 0 Å². The smallest absolute Gasteiger partial charge is 0.303 e. The molecule has 0 aliphatic rings. The van der Waals surface area contributed by atoms with Crippen molar-refractivity contribution in [3.05, 3.63) is 46.6 Å². The Morgan fingerprint density at radius 1 is 0.760 bits per heavy atom. The van der Waals surface area contributed by atoms with Crippen LogP contribution in [0.2, 0.25) is 0 Å². The highest BCUT2D eigenvalue weighted by Crippen LogP contribution is 2.35. The first-order valence-corrected chi connectivity index (χ1v) is 10.4. The van der Waals surface area contributed by atoms with Crippen molar-refractivity contribution in [2.24, 2.45) is 0 Å². The van der Waals surface area contributed by atoms with Gasteiger partial charge in [0.15, 0.2) is 0 Å². The summed E-state index contributed by atoms with van der Waals surface area (Å²) < 4.78 is 15.0. The molecule has 0 fully saturated rings. The van der Waals surface area contributed by atoms with E-state index in [2.05, 4.69) is 50.4 Å². The number of phosphoric ester groups is 1. The molecular formula is C20H35O4P. The molecule has 2 N–H and O–H groups in total. The lowest BCUT2D eigenvalue weighted by Crippen LogP contribution is -1.89. The maximum atomic E-state index is 10.6. The second-order valence-corrected chi connectivity index (χ2v) is 8.07. The quantitative estimate of drug-likeness (QED) is 0.315. The topological polar surface area (TPSA) is 66.8 Å². The van der Waals surface area contributed by atoms with Crippen LogP contribution in [0.1, 0.15) is 73.1 Å². The highest BCUT2D eigenvalue weighted by molar-refractivity contribution is 7.46.